The van der Waals surface area contributed by atoms with Crippen LogP contribution in [0.3, 0.4) is 0 Å². The molecule has 2 aromatic rings. The highest BCUT2D eigenvalue weighted by Gasteiger charge is 2.34. The molecule has 0 unspecified atom stereocenters. The van der Waals surface area contributed by atoms with Crippen molar-refractivity contribution in [2.45, 2.75) is 19.7 Å². The topological polar surface area (TPSA) is 38.0 Å². The minimum atomic E-state index is -4.45. The fraction of sp³-hybridized carbons (Fsp3) is 0.308. The van der Waals surface area contributed by atoms with E-state index in [0.29, 0.717) is 5.56 Å². The molecule has 0 aliphatic carbocycles. The Hall–Kier alpha value is -1.82. The van der Waals surface area contributed by atoms with E-state index in [1.54, 1.807) is 25.1 Å². The average molecular weight is 270 g/mol. The molecule has 0 saturated heterocycles. The minimum absolute atomic E-state index is 0.0967. The molecule has 102 valence electrons. The number of rotatable bonds is 2. The monoisotopic (exact) mass is 270 g/mol. The van der Waals surface area contributed by atoms with Crippen molar-refractivity contribution in [3.05, 3.63) is 41.2 Å². The van der Waals surface area contributed by atoms with Crippen molar-refractivity contribution in [1.29, 1.82) is 0 Å². The summed E-state index contributed by atoms with van der Waals surface area (Å²) in [6.45, 7) is 1.70. The van der Waals surface area contributed by atoms with Gasteiger partial charge in [0.1, 0.15) is 5.82 Å². The second-order valence-electron chi connectivity index (χ2n) is 4.36. The molecule has 0 atom stereocenters. The van der Waals surface area contributed by atoms with Gasteiger partial charge in [0.05, 0.1) is 6.61 Å². The van der Waals surface area contributed by atoms with Crippen molar-refractivity contribution in [2.75, 3.05) is 0 Å². The molecule has 0 amide bonds. The van der Waals surface area contributed by atoms with Gasteiger partial charge in [0, 0.05) is 18.8 Å². The molecule has 0 radical (unpaired) electrons. The molecule has 0 spiro atoms. The summed E-state index contributed by atoms with van der Waals surface area (Å²) in [6.07, 6.45) is -3.49. The maximum absolute atomic E-state index is 12.6. The van der Waals surface area contributed by atoms with Crippen LogP contribution in [0.1, 0.15) is 16.8 Å². The zero-order valence-corrected chi connectivity index (χ0v) is 10.5. The molecule has 1 heterocycles. The fourth-order valence-electron chi connectivity index (χ4n) is 1.88. The van der Waals surface area contributed by atoms with Gasteiger partial charge in [-0.05, 0) is 24.1 Å². The number of aromatic nitrogens is 2. The van der Waals surface area contributed by atoms with Crippen LogP contribution in [-0.2, 0) is 19.8 Å². The number of alkyl halides is 3. The summed E-state index contributed by atoms with van der Waals surface area (Å²) >= 11 is 0. The van der Waals surface area contributed by atoms with Crippen LogP contribution in [-0.4, -0.2) is 14.7 Å². The Morgan fingerprint density at radius 3 is 2.47 bits per heavy atom. The Balaban J connectivity index is 2.48. The summed E-state index contributed by atoms with van der Waals surface area (Å²) in [5.74, 6) is 0.250. The largest absolute Gasteiger partial charge is 0.434 e. The molecule has 6 heteroatoms. The van der Waals surface area contributed by atoms with Crippen LogP contribution >= 0.6 is 0 Å². The lowest BCUT2D eigenvalue weighted by atomic mass is 10.1. The van der Waals surface area contributed by atoms with Crippen LogP contribution < -0.4 is 0 Å². The Labute approximate surface area is 108 Å². The third-order valence-corrected chi connectivity index (χ3v) is 2.94. The SMILES string of the molecule is Cc1cc(-c2nc(C(F)(F)F)cn2C)ccc1CO. The lowest BCUT2D eigenvalue weighted by molar-refractivity contribution is -0.140. The van der Waals surface area contributed by atoms with Crippen molar-refractivity contribution in [3.63, 3.8) is 0 Å². The lowest BCUT2D eigenvalue weighted by Crippen LogP contribution is -2.04. The van der Waals surface area contributed by atoms with Gasteiger partial charge >= 0.3 is 6.18 Å². The molecule has 1 aromatic heterocycles. The molecule has 0 saturated carbocycles. The number of hydrogen-bond donors (Lipinski definition) is 1. The summed E-state index contributed by atoms with van der Waals surface area (Å²) in [7, 11) is 1.52. The highest BCUT2D eigenvalue weighted by atomic mass is 19.4. The van der Waals surface area contributed by atoms with Gasteiger partial charge in [0.25, 0.3) is 0 Å². The molecular weight excluding hydrogens is 257 g/mol. The van der Waals surface area contributed by atoms with E-state index in [4.69, 9.17) is 5.11 Å². The average Bonchev–Trinajstić information content (AvgIpc) is 2.71. The van der Waals surface area contributed by atoms with Gasteiger partial charge in [-0.15, -0.1) is 0 Å². The van der Waals surface area contributed by atoms with Gasteiger partial charge in [-0.1, -0.05) is 12.1 Å². The van der Waals surface area contributed by atoms with Crippen molar-refractivity contribution in [1.82, 2.24) is 9.55 Å². The molecule has 0 bridgehead atoms. The number of nitrogens with zero attached hydrogens (tertiary/aromatic N) is 2. The first kappa shape index (κ1) is 13.6. The molecule has 3 nitrogen and oxygen atoms in total. The molecular formula is C13H13F3N2O. The van der Waals surface area contributed by atoms with E-state index in [1.807, 2.05) is 0 Å². The Morgan fingerprint density at radius 1 is 1.32 bits per heavy atom. The smallest absolute Gasteiger partial charge is 0.392 e. The predicted octanol–water partition coefficient (Wildman–Crippen LogP) is 2.91. The zero-order valence-electron chi connectivity index (χ0n) is 10.5. The van der Waals surface area contributed by atoms with E-state index in [1.165, 1.54) is 11.6 Å². The van der Waals surface area contributed by atoms with Crippen LogP contribution in [0, 0.1) is 6.92 Å². The van der Waals surface area contributed by atoms with E-state index >= 15 is 0 Å². The van der Waals surface area contributed by atoms with E-state index in [0.717, 1.165) is 17.3 Å². The van der Waals surface area contributed by atoms with Gasteiger partial charge in [0.15, 0.2) is 5.69 Å². The molecule has 1 N–H and O–H groups in total. The first-order valence-corrected chi connectivity index (χ1v) is 5.64. The Bertz CT molecular complexity index is 602. The maximum atomic E-state index is 12.6. The van der Waals surface area contributed by atoms with Crippen molar-refractivity contribution >= 4 is 0 Å². The standard InChI is InChI=1S/C13H13F3N2O/c1-8-5-9(3-4-10(8)7-19)12-17-11(6-18(12)2)13(14,15)16/h3-6,19H,7H2,1-2H3. The van der Waals surface area contributed by atoms with E-state index < -0.39 is 11.9 Å². The summed E-state index contributed by atoms with van der Waals surface area (Å²) in [5, 5.41) is 9.08. The van der Waals surface area contributed by atoms with Gasteiger partial charge in [-0.25, -0.2) is 4.98 Å². The number of halogens is 3. The van der Waals surface area contributed by atoms with Crippen LogP contribution in [0.4, 0.5) is 13.2 Å². The van der Waals surface area contributed by atoms with Gasteiger partial charge < -0.3 is 9.67 Å². The lowest BCUT2D eigenvalue weighted by Gasteiger charge is -2.06. The number of hydrogen-bond acceptors (Lipinski definition) is 2. The van der Waals surface area contributed by atoms with Crippen LogP contribution in [0.25, 0.3) is 11.4 Å². The van der Waals surface area contributed by atoms with Crippen molar-refractivity contribution in [3.8, 4) is 11.4 Å². The normalized spacial score (nSPS) is 11.9. The quantitative estimate of drug-likeness (QED) is 0.911. The van der Waals surface area contributed by atoms with Crippen molar-refractivity contribution < 1.29 is 18.3 Å². The third kappa shape index (κ3) is 2.63. The molecule has 0 aliphatic rings. The number of aliphatic hydroxyl groups excluding tert-OH is 1. The second kappa shape index (κ2) is 4.70. The molecule has 0 fully saturated rings. The summed E-state index contributed by atoms with van der Waals surface area (Å²) in [4.78, 5) is 3.62. The summed E-state index contributed by atoms with van der Waals surface area (Å²) < 4.78 is 39.1. The summed E-state index contributed by atoms with van der Waals surface area (Å²) in [5.41, 5.74) is 1.24. The fourth-order valence-corrected chi connectivity index (χ4v) is 1.88. The Kier molecular flexibility index (Phi) is 3.36. The second-order valence-corrected chi connectivity index (χ2v) is 4.36. The van der Waals surface area contributed by atoms with Gasteiger partial charge in [-0.3, -0.25) is 0 Å². The zero-order chi connectivity index (χ0) is 14.2. The molecule has 19 heavy (non-hydrogen) atoms. The number of aliphatic hydroxyl groups is 1. The van der Waals surface area contributed by atoms with Crippen LogP contribution in [0.15, 0.2) is 24.4 Å². The van der Waals surface area contributed by atoms with Gasteiger partial charge in [-0.2, -0.15) is 13.2 Å². The van der Waals surface area contributed by atoms with E-state index in [2.05, 4.69) is 4.98 Å². The number of aryl methyl sites for hydroxylation is 2. The number of imidazole rings is 1. The minimum Gasteiger partial charge on any atom is -0.392 e. The number of benzene rings is 1. The third-order valence-electron chi connectivity index (χ3n) is 2.94. The highest BCUT2D eigenvalue weighted by Crippen LogP contribution is 2.31. The van der Waals surface area contributed by atoms with E-state index in [-0.39, 0.29) is 12.4 Å². The van der Waals surface area contributed by atoms with Gasteiger partial charge in [0.2, 0.25) is 0 Å². The van der Waals surface area contributed by atoms with Crippen LogP contribution in [0.2, 0.25) is 0 Å². The van der Waals surface area contributed by atoms with E-state index in [9.17, 15) is 13.2 Å². The van der Waals surface area contributed by atoms with Crippen molar-refractivity contribution in [2.24, 2.45) is 7.05 Å². The molecule has 1 aromatic carbocycles. The van der Waals surface area contributed by atoms with Crippen LogP contribution in [0.5, 0.6) is 0 Å². The molecule has 2 rings (SSSR count). The first-order chi connectivity index (χ1) is 8.82. The summed E-state index contributed by atoms with van der Waals surface area (Å²) in [6, 6.07) is 5.06. The molecule has 0 aliphatic heterocycles. The maximum Gasteiger partial charge on any atom is 0.434 e. The predicted molar refractivity (Wildman–Crippen MR) is 64.3 cm³/mol. The Morgan fingerprint density at radius 2 is 2.00 bits per heavy atom. The first-order valence-electron chi connectivity index (χ1n) is 5.64. The highest BCUT2D eigenvalue weighted by molar-refractivity contribution is 5.58.